The van der Waals surface area contributed by atoms with Crippen molar-refractivity contribution in [3.05, 3.63) is 75.9 Å². The molecule has 0 bridgehead atoms. The van der Waals surface area contributed by atoms with E-state index in [1.165, 1.54) is 0 Å². The molecular formula is C26H22ClNO3. The number of fused-ring (bicyclic) bond motifs is 2. The number of hydrogen-bond donors (Lipinski definition) is 0. The summed E-state index contributed by atoms with van der Waals surface area (Å²) in [5.41, 5.74) is 5.19. The summed E-state index contributed by atoms with van der Waals surface area (Å²) in [4.78, 5) is 30.4. The van der Waals surface area contributed by atoms with E-state index in [9.17, 15) is 9.59 Å². The molecule has 1 fully saturated rings. The number of Topliss-reactive ketones (excluding diaryl/α,β-unsaturated/α-hetero) is 1. The molecule has 0 amide bonds. The minimum absolute atomic E-state index is 0.0259. The molecule has 156 valence electrons. The van der Waals surface area contributed by atoms with Gasteiger partial charge in [-0.25, -0.2) is 9.78 Å². The van der Waals surface area contributed by atoms with Gasteiger partial charge in [0.1, 0.15) is 0 Å². The van der Waals surface area contributed by atoms with Crippen molar-refractivity contribution < 1.29 is 14.3 Å². The number of carbonyl (C=O) groups excluding carboxylic acids is 2. The van der Waals surface area contributed by atoms with Crippen LogP contribution in [0.2, 0.25) is 5.02 Å². The normalized spacial score (nSPS) is 19.6. The number of benzene rings is 2. The Kier molecular flexibility index (Phi) is 5.33. The van der Waals surface area contributed by atoms with Crippen LogP contribution in [0.4, 0.5) is 0 Å². The van der Waals surface area contributed by atoms with Crippen LogP contribution < -0.4 is 0 Å². The number of pyridine rings is 1. The number of ether oxygens (including phenoxy) is 1. The summed E-state index contributed by atoms with van der Waals surface area (Å²) >= 11 is 6.01. The van der Waals surface area contributed by atoms with Crippen molar-refractivity contribution in [2.45, 2.75) is 44.6 Å². The highest BCUT2D eigenvalue weighted by Crippen LogP contribution is 2.38. The van der Waals surface area contributed by atoms with Gasteiger partial charge in [0.15, 0.2) is 11.9 Å². The molecule has 0 spiro atoms. The average Bonchev–Trinajstić information content (AvgIpc) is 3.17. The second-order valence-electron chi connectivity index (χ2n) is 8.16. The van der Waals surface area contributed by atoms with Gasteiger partial charge in [0.25, 0.3) is 0 Å². The van der Waals surface area contributed by atoms with E-state index in [1.54, 1.807) is 0 Å². The molecule has 5 heteroatoms. The van der Waals surface area contributed by atoms with Gasteiger partial charge in [0, 0.05) is 16.8 Å². The third kappa shape index (κ3) is 3.88. The lowest BCUT2D eigenvalue weighted by molar-refractivity contribution is -0.129. The zero-order chi connectivity index (χ0) is 21.4. The monoisotopic (exact) mass is 431 g/mol. The number of rotatable bonds is 3. The summed E-state index contributed by atoms with van der Waals surface area (Å²) in [6.45, 7) is 0. The number of hydrogen-bond acceptors (Lipinski definition) is 4. The number of allylic oxidation sites excluding steroid dienone is 1. The van der Waals surface area contributed by atoms with E-state index in [0.29, 0.717) is 23.4 Å². The maximum absolute atomic E-state index is 13.3. The Labute approximate surface area is 185 Å². The molecule has 2 aliphatic rings. The van der Waals surface area contributed by atoms with E-state index in [4.69, 9.17) is 21.3 Å². The van der Waals surface area contributed by atoms with Crippen molar-refractivity contribution in [2.75, 3.05) is 0 Å². The van der Waals surface area contributed by atoms with Gasteiger partial charge in [-0.2, -0.15) is 0 Å². The van der Waals surface area contributed by atoms with Crippen LogP contribution in [0.25, 0.3) is 22.6 Å². The zero-order valence-corrected chi connectivity index (χ0v) is 17.8. The fourth-order valence-corrected chi connectivity index (χ4v) is 4.66. The van der Waals surface area contributed by atoms with Gasteiger partial charge in [-0.05, 0) is 73.1 Å². The number of esters is 1. The van der Waals surface area contributed by atoms with Crippen molar-refractivity contribution in [1.82, 2.24) is 4.98 Å². The molecule has 31 heavy (non-hydrogen) atoms. The highest BCUT2D eigenvalue weighted by atomic mass is 35.5. The first kappa shape index (κ1) is 20.0. The lowest BCUT2D eigenvalue weighted by atomic mass is 9.96. The third-order valence-corrected chi connectivity index (χ3v) is 6.36. The van der Waals surface area contributed by atoms with E-state index in [1.807, 2.05) is 48.5 Å². The molecule has 0 aliphatic heterocycles. The molecule has 0 N–H and O–H groups in total. The lowest BCUT2D eigenvalue weighted by Crippen LogP contribution is -2.30. The fraction of sp³-hybridized carbons (Fsp3) is 0.269. The van der Waals surface area contributed by atoms with Gasteiger partial charge in [-0.15, -0.1) is 0 Å². The molecule has 1 aromatic heterocycles. The Morgan fingerprint density at radius 3 is 2.65 bits per heavy atom. The van der Waals surface area contributed by atoms with Gasteiger partial charge in [-0.1, -0.05) is 41.9 Å². The average molecular weight is 432 g/mol. The van der Waals surface area contributed by atoms with Gasteiger partial charge in [0.05, 0.1) is 16.8 Å². The SMILES string of the molecule is O=C(OC1CCCCC1=O)c1c2c(nc3ccccc13)C(=Cc1ccc(Cl)cc1)CC2. The predicted molar refractivity (Wildman–Crippen MR) is 122 cm³/mol. The van der Waals surface area contributed by atoms with Crippen molar-refractivity contribution >= 4 is 45.9 Å². The summed E-state index contributed by atoms with van der Waals surface area (Å²) in [6, 6.07) is 15.3. The first-order valence-electron chi connectivity index (χ1n) is 10.7. The molecule has 1 atom stereocenters. The number of halogens is 1. The summed E-state index contributed by atoms with van der Waals surface area (Å²) in [5.74, 6) is -0.388. The van der Waals surface area contributed by atoms with Crippen LogP contribution >= 0.6 is 11.6 Å². The Morgan fingerprint density at radius 1 is 1.03 bits per heavy atom. The molecule has 2 aliphatic carbocycles. The minimum atomic E-state index is -0.630. The maximum Gasteiger partial charge on any atom is 0.339 e. The highest BCUT2D eigenvalue weighted by molar-refractivity contribution is 6.30. The van der Waals surface area contributed by atoms with Gasteiger partial charge >= 0.3 is 5.97 Å². The Morgan fingerprint density at radius 2 is 1.84 bits per heavy atom. The van der Waals surface area contributed by atoms with E-state index < -0.39 is 12.1 Å². The molecule has 2 aromatic carbocycles. The maximum atomic E-state index is 13.3. The summed E-state index contributed by atoms with van der Waals surface area (Å²) in [5, 5.41) is 1.47. The Balaban J connectivity index is 1.58. The first-order valence-corrected chi connectivity index (χ1v) is 11.1. The predicted octanol–water partition coefficient (Wildman–Crippen LogP) is 6.04. The molecule has 5 rings (SSSR count). The number of carbonyl (C=O) groups is 2. The van der Waals surface area contributed by atoms with Crippen LogP contribution in [0, 0.1) is 0 Å². The largest absolute Gasteiger partial charge is 0.451 e. The van der Waals surface area contributed by atoms with Crippen LogP contribution in [-0.4, -0.2) is 22.8 Å². The van der Waals surface area contributed by atoms with Gasteiger partial charge in [0.2, 0.25) is 0 Å². The lowest BCUT2D eigenvalue weighted by Gasteiger charge is -2.21. The third-order valence-electron chi connectivity index (χ3n) is 6.10. The Hall–Kier alpha value is -2.98. The summed E-state index contributed by atoms with van der Waals surface area (Å²) in [7, 11) is 0. The number of para-hydroxylation sites is 1. The number of nitrogens with zero attached hydrogens (tertiary/aromatic N) is 1. The molecule has 1 saturated carbocycles. The van der Waals surface area contributed by atoms with E-state index in [-0.39, 0.29) is 5.78 Å². The van der Waals surface area contributed by atoms with E-state index >= 15 is 0 Å². The van der Waals surface area contributed by atoms with Gasteiger partial charge in [-0.3, -0.25) is 4.79 Å². The smallest absolute Gasteiger partial charge is 0.339 e. The second kappa shape index (κ2) is 8.27. The molecule has 0 radical (unpaired) electrons. The van der Waals surface area contributed by atoms with Crippen molar-refractivity contribution in [3.8, 4) is 0 Å². The molecular weight excluding hydrogens is 410 g/mol. The second-order valence-corrected chi connectivity index (χ2v) is 8.59. The quantitative estimate of drug-likeness (QED) is 0.474. The van der Waals surface area contributed by atoms with E-state index in [2.05, 4.69) is 6.08 Å². The van der Waals surface area contributed by atoms with Crippen LogP contribution in [0.15, 0.2) is 48.5 Å². The molecule has 0 saturated heterocycles. The van der Waals surface area contributed by atoms with E-state index in [0.717, 1.165) is 59.0 Å². The zero-order valence-electron chi connectivity index (χ0n) is 17.1. The Bertz CT molecular complexity index is 1210. The minimum Gasteiger partial charge on any atom is -0.451 e. The molecule has 3 aromatic rings. The fourth-order valence-electron chi connectivity index (χ4n) is 4.54. The summed E-state index contributed by atoms with van der Waals surface area (Å²) in [6.07, 6.45) is 5.86. The van der Waals surface area contributed by atoms with Crippen LogP contribution in [0.1, 0.15) is 59.3 Å². The first-order chi connectivity index (χ1) is 15.1. The standard InChI is InChI=1S/C26H22ClNO3/c27-18-12-9-16(10-13-18)15-17-11-14-20-24(19-5-1-2-6-21(19)28-25(17)20)26(30)31-23-8-4-3-7-22(23)29/h1-2,5-6,9-10,12-13,15,23H,3-4,7-8,11,14H2. The van der Waals surface area contributed by atoms with Crippen molar-refractivity contribution in [3.63, 3.8) is 0 Å². The van der Waals surface area contributed by atoms with Crippen LogP contribution in [0.5, 0.6) is 0 Å². The number of ketones is 1. The van der Waals surface area contributed by atoms with Crippen molar-refractivity contribution in [1.29, 1.82) is 0 Å². The molecule has 4 nitrogen and oxygen atoms in total. The van der Waals surface area contributed by atoms with Gasteiger partial charge < -0.3 is 4.74 Å². The molecule has 1 unspecified atom stereocenters. The topological polar surface area (TPSA) is 56.3 Å². The van der Waals surface area contributed by atoms with Crippen LogP contribution in [0.3, 0.4) is 0 Å². The van der Waals surface area contributed by atoms with Crippen LogP contribution in [-0.2, 0) is 16.0 Å². The molecule has 1 heterocycles. The summed E-state index contributed by atoms with van der Waals surface area (Å²) < 4.78 is 5.74. The van der Waals surface area contributed by atoms with Crippen molar-refractivity contribution in [2.24, 2.45) is 0 Å². The number of aromatic nitrogens is 1. The highest BCUT2D eigenvalue weighted by Gasteiger charge is 2.31.